The Kier molecular flexibility index (Phi) is 5.42. The van der Waals surface area contributed by atoms with E-state index in [0.29, 0.717) is 6.07 Å². The number of hydrogen-bond acceptors (Lipinski definition) is 5. The van der Waals surface area contributed by atoms with Crippen molar-refractivity contribution in [2.24, 2.45) is 0 Å². The standard InChI is InChI=1S/C16H9F5N4O3S/c17-9-4-12-13(5-10(9)18)24-15(23-12)29-6-14(26)22-11-2-1-7(25(27)28)3-8(11)16(19,20)21/h1-5H,6H2,(H,22,26)(H,23,24). The van der Waals surface area contributed by atoms with Gasteiger partial charge in [-0.1, -0.05) is 11.8 Å². The third-order valence-electron chi connectivity index (χ3n) is 3.64. The van der Waals surface area contributed by atoms with Crippen LogP contribution in [0.5, 0.6) is 0 Å². The Labute approximate surface area is 162 Å². The molecule has 2 aromatic carbocycles. The Balaban J connectivity index is 1.73. The molecule has 1 heterocycles. The van der Waals surface area contributed by atoms with Gasteiger partial charge in [-0.3, -0.25) is 14.9 Å². The van der Waals surface area contributed by atoms with Crippen LogP contribution in [-0.2, 0) is 11.0 Å². The minimum absolute atomic E-state index is 0.113. The number of aromatic nitrogens is 2. The molecule has 2 N–H and O–H groups in total. The maximum absolute atomic E-state index is 13.2. The lowest BCUT2D eigenvalue weighted by Crippen LogP contribution is -2.18. The molecule has 1 aromatic heterocycles. The van der Waals surface area contributed by atoms with E-state index < -0.39 is 45.6 Å². The fraction of sp³-hybridized carbons (Fsp3) is 0.125. The van der Waals surface area contributed by atoms with Gasteiger partial charge in [-0.2, -0.15) is 13.2 Å². The molecule has 0 aliphatic carbocycles. The van der Waals surface area contributed by atoms with Crippen molar-refractivity contribution in [2.45, 2.75) is 11.3 Å². The summed E-state index contributed by atoms with van der Waals surface area (Å²) in [7, 11) is 0. The highest BCUT2D eigenvalue weighted by Gasteiger charge is 2.35. The van der Waals surface area contributed by atoms with Gasteiger partial charge in [-0.25, -0.2) is 13.8 Å². The molecule has 13 heteroatoms. The number of non-ortho nitro benzene ring substituents is 1. The number of carbonyl (C=O) groups excluding carboxylic acids is 1. The molecular formula is C16H9F5N4O3S. The van der Waals surface area contributed by atoms with E-state index in [1.807, 2.05) is 5.32 Å². The second kappa shape index (κ2) is 7.66. The summed E-state index contributed by atoms with van der Waals surface area (Å²) in [6.07, 6.45) is -4.92. The first-order valence-corrected chi connectivity index (χ1v) is 8.66. The van der Waals surface area contributed by atoms with Gasteiger partial charge in [0, 0.05) is 24.3 Å². The maximum atomic E-state index is 13.2. The molecule has 3 rings (SSSR count). The summed E-state index contributed by atoms with van der Waals surface area (Å²) in [5.41, 5.74) is -2.48. The molecule has 0 atom stereocenters. The number of rotatable bonds is 5. The zero-order valence-electron chi connectivity index (χ0n) is 14.0. The first-order valence-electron chi connectivity index (χ1n) is 7.67. The summed E-state index contributed by atoms with van der Waals surface area (Å²) in [6.45, 7) is 0. The minimum atomic E-state index is -4.92. The number of benzene rings is 2. The lowest BCUT2D eigenvalue weighted by molar-refractivity contribution is -0.385. The van der Waals surface area contributed by atoms with Gasteiger partial charge in [0.2, 0.25) is 5.91 Å². The number of halogens is 5. The Morgan fingerprint density at radius 1 is 1.21 bits per heavy atom. The van der Waals surface area contributed by atoms with E-state index in [0.717, 1.165) is 36.0 Å². The lowest BCUT2D eigenvalue weighted by atomic mass is 10.1. The van der Waals surface area contributed by atoms with Crippen LogP contribution in [0.1, 0.15) is 5.56 Å². The highest BCUT2D eigenvalue weighted by atomic mass is 32.2. The van der Waals surface area contributed by atoms with Gasteiger partial charge in [0.05, 0.1) is 33.0 Å². The summed E-state index contributed by atoms with van der Waals surface area (Å²) in [4.78, 5) is 28.3. The Morgan fingerprint density at radius 2 is 1.90 bits per heavy atom. The first-order chi connectivity index (χ1) is 13.5. The number of imidazole rings is 1. The SMILES string of the molecule is O=C(CSc1nc2cc(F)c(F)cc2[nH]1)Nc1ccc([N+](=O)[O-])cc1C(F)(F)F. The summed E-state index contributed by atoms with van der Waals surface area (Å²) >= 11 is 0.794. The first kappa shape index (κ1) is 20.5. The summed E-state index contributed by atoms with van der Waals surface area (Å²) in [6, 6.07) is 3.69. The van der Waals surface area contributed by atoms with Crippen LogP contribution >= 0.6 is 11.8 Å². The van der Waals surface area contributed by atoms with Crippen molar-refractivity contribution < 1.29 is 31.7 Å². The Bertz CT molecular complexity index is 1080. The van der Waals surface area contributed by atoms with Crippen LogP contribution in [0.4, 0.5) is 33.3 Å². The maximum Gasteiger partial charge on any atom is 0.418 e. The van der Waals surface area contributed by atoms with Gasteiger partial charge in [0.25, 0.3) is 5.69 Å². The van der Waals surface area contributed by atoms with Crippen molar-refractivity contribution in [1.82, 2.24) is 9.97 Å². The van der Waals surface area contributed by atoms with Crippen molar-refractivity contribution in [3.05, 3.63) is 57.6 Å². The highest BCUT2D eigenvalue weighted by molar-refractivity contribution is 7.99. The molecule has 0 radical (unpaired) electrons. The van der Waals surface area contributed by atoms with Crippen LogP contribution in [0, 0.1) is 21.7 Å². The average Bonchev–Trinajstić information content (AvgIpc) is 3.01. The zero-order chi connectivity index (χ0) is 21.3. The van der Waals surface area contributed by atoms with Crippen molar-refractivity contribution in [2.75, 3.05) is 11.1 Å². The second-order valence-electron chi connectivity index (χ2n) is 5.65. The van der Waals surface area contributed by atoms with Gasteiger partial charge in [-0.05, 0) is 6.07 Å². The van der Waals surface area contributed by atoms with Crippen LogP contribution in [0.2, 0.25) is 0 Å². The number of thioether (sulfide) groups is 1. The third-order valence-corrected chi connectivity index (χ3v) is 4.51. The molecule has 0 spiro atoms. The number of fused-ring (bicyclic) bond motifs is 1. The molecule has 3 aromatic rings. The van der Waals surface area contributed by atoms with Gasteiger partial charge < -0.3 is 10.3 Å². The predicted octanol–water partition coefficient (Wildman–Crippen LogP) is 4.50. The van der Waals surface area contributed by atoms with Gasteiger partial charge >= 0.3 is 6.18 Å². The number of aromatic amines is 1. The van der Waals surface area contributed by atoms with Crippen molar-refractivity contribution in [3.8, 4) is 0 Å². The number of carbonyl (C=O) groups is 1. The van der Waals surface area contributed by atoms with E-state index in [4.69, 9.17) is 0 Å². The number of anilines is 1. The van der Waals surface area contributed by atoms with Crippen molar-refractivity contribution in [1.29, 1.82) is 0 Å². The topological polar surface area (TPSA) is 101 Å². The van der Waals surface area contributed by atoms with Crippen molar-refractivity contribution >= 4 is 40.1 Å². The molecule has 0 saturated carbocycles. The smallest absolute Gasteiger partial charge is 0.333 e. The molecule has 0 saturated heterocycles. The number of hydrogen-bond donors (Lipinski definition) is 2. The van der Waals surface area contributed by atoms with E-state index in [-0.39, 0.29) is 21.9 Å². The second-order valence-corrected chi connectivity index (χ2v) is 6.61. The summed E-state index contributed by atoms with van der Waals surface area (Å²) in [5, 5.41) is 12.8. The zero-order valence-corrected chi connectivity index (χ0v) is 14.8. The third kappa shape index (κ3) is 4.62. The number of nitro benzene ring substituents is 1. The largest absolute Gasteiger partial charge is 0.418 e. The normalized spacial score (nSPS) is 11.6. The van der Waals surface area contributed by atoms with Crippen LogP contribution in [0.15, 0.2) is 35.5 Å². The van der Waals surface area contributed by atoms with E-state index in [9.17, 15) is 36.9 Å². The number of amides is 1. The molecule has 7 nitrogen and oxygen atoms in total. The fourth-order valence-corrected chi connectivity index (χ4v) is 3.04. The van der Waals surface area contributed by atoms with E-state index in [1.165, 1.54) is 0 Å². The number of nitrogens with one attached hydrogen (secondary N) is 2. The van der Waals surface area contributed by atoms with E-state index in [2.05, 4.69) is 9.97 Å². The number of nitro groups is 1. The molecule has 0 fully saturated rings. The lowest BCUT2D eigenvalue weighted by Gasteiger charge is -2.13. The monoisotopic (exact) mass is 432 g/mol. The molecular weight excluding hydrogens is 423 g/mol. The minimum Gasteiger partial charge on any atom is -0.333 e. The van der Waals surface area contributed by atoms with Gasteiger partial charge in [0.15, 0.2) is 16.8 Å². The van der Waals surface area contributed by atoms with E-state index in [1.54, 1.807) is 0 Å². The van der Waals surface area contributed by atoms with E-state index >= 15 is 0 Å². The molecule has 0 aliphatic heterocycles. The van der Waals surface area contributed by atoms with Gasteiger partial charge in [0.1, 0.15) is 0 Å². The van der Waals surface area contributed by atoms with Crippen LogP contribution < -0.4 is 5.32 Å². The Morgan fingerprint density at radius 3 is 2.55 bits per heavy atom. The summed E-state index contributed by atoms with van der Waals surface area (Å²) in [5.74, 6) is -3.41. The van der Waals surface area contributed by atoms with Crippen LogP contribution in [0.3, 0.4) is 0 Å². The molecule has 29 heavy (non-hydrogen) atoms. The number of nitrogens with zero attached hydrogens (tertiary/aromatic N) is 2. The fourth-order valence-electron chi connectivity index (χ4n) is 2.36. The van der Waals surface area contributed by atoms with Crippen LogP contribution in [0.25, 0.3) is 11.0 Å². The molecule has 1 amide bonds. The Hall–Kier alpha value is -3.22. The predicted molar refractivity (Wildman–Crippen MR) is 93.5 cm³/mol. The number of alkyl halides is 3. The number of H-pyrrole nitrogens is 1. The molecule has 152 valence electrons. The molecule has 0 bridgehead atoms. The quantitative estimate of drug-likeness (QED) is 0.268. The van der Waals surface area contributed by atoms with Crippen molar-refractivity contribution in [3.63, 3.8) is 0 Å². The van der Waals surface area contributed by atoms with Crippen LogP contribution in [-0.4, -0.2) is 26.6 Å². The highest BCUT2D eigenvalue weighted by Crippen LogP contribution is 2.37. The summed E-state index contributed by atoms with van der Waals surface area (Å²) < 4.78 is 65.8. The molecule has 0 unspecified atom stereocenters. The van der Waals surface area contributed by atoms with Gasteiger partial charge in [-0.15, -0.1) is 0 Å². The molecule has 0 aliphatic rings. The average molecular weight is 432 g/mol.